The molecule has 3 aliphatic rings. The van der Waals surface area contributed by atoms with Gasteiger partial charge in [-0.3, -0.25) is 0 Å². The Balaban J connectivity index is -0.000000540. The molecule has 14 nitrogen and oxygen atoms in total. The van der Waals surface area contributed by atoms with Crippen molar-refractivity contribution in [2.75, 3.05) is 0 Å². The van der Waals surface area contributed by atoms with Crippen molar-refractivity contribution in [3.8, 4) is 46.0 Å². The average molecular weight is 1580 g/mol. The quantitative estimate of drug-likeness (QED) is 0.0786. The summed E-state index contributed by atoms with van der Waals surface area (Å²) < 4.78 is 1.54. The van der Waals surface area contributed by atoms with Crippen LogP contribution in [-0.4, -0.2) is 0 Å². The van der Waals surface area contributed by atoms with Gasteiger partial charge in [0.15, 0.2) is 24.8 Å². The molecule has 0 saturated heterocycles. The molecule has 0 unspecified atom stereocenters. The Morgan fingerprint density at radius 1 is 0.235 bits per heavy atom. The first-order chi connectivity index (χ1) is 44.7. The Kier molecular flexibility index (Phi) is 46.1. The molecule has 0 N–H and O–H groups in total. The fourth-order valence-corrected chi connectivity index (χ4v) is 10.5. The smallest absolute Gasteiger partial charge is 0.180 e. The van der Waals surface area contributed by atoms with Gasteiger partial charge >= 0.3 is 0 Å². The first-order valence-corrected chi connectivity index (χ1v) is 36.1. The van der Waals surface area contributed by atoms with Crippen molar-refractivity contribution in [2.45, 2.75) is 339 Å². The normalized spacial score (nSPS) is 13.7. The first kappa shape index (κ1) is 103. The van der Waals surface area contributed by atoms with Crippen LogP contribution in [0.5, 0.6) is 46.0 Å². The van der Waals surface area contributed by atoms with Gasteiger partial charge in [0.25, 0.3) is 0 Å². The molecule has 0 amide bonds. The molecule has 102 heavy (non-hydrogen) atoms. The molecule has 4 aromatic carbocycles. The zero-order valence-electron chi connectivity index (χ0n) is 67.6. The van der Waals surface area contributed by atoms with E-state index in [1.807, 2.05) is 204 Å². The maximum atomic E-state index is 11.8. The van der Waals surface area contributed by atoms with Crippen LogP contribution in [0.25, 0.3) is 0 Å². The van der Waals surface area contributed by atoms with Crippen LogP contribution in [0.4, 0.5) is 0 Å². The molecule has 0 atom stereocenters. The standard InChI is InChI=1S/4C14H22O2.2C6H7NO.3C6H12.2Mo.2O/c4*1-13(2,3)9-7-10(14(4,5)6)12(16)11(15)8-9;2*1-6-2-4-7(8)5-3-6;3*1-2-4-6-5-3-1;;;;/h4*7-8,15-16H,1-6H3;2*2-5H,1H3;3*1-6H2;;;;/q;;;;;;;;;;;2*-2/p-8. The molecule has 2 heterocycles. The van der Waals surface area contributed by atoms with E-state index in [4.69, 9.17) is 0 Å². The third kappa shape index (κ3) is 39.5. The molecule has 3 saturated carbocycles. The van der Waals surface area contributed by atoms with Crippen LogP contribution in [0.1, 0.15) is 337 Å². The number of rotatable bonds is 0. The van der Waals surface area contributed by atoms with Crippen molar-refractivity contribution in [3.05, 3.63) is 164 Å². The van der Waals surface area contributed by atoms with Crippen molar-refractivity contribution >= 4 is 0 Å². The van der Waals surface area contributed by atoms with Gasteiger partial charge in [-0.1, -0.05) is 353 Å². The minimum Gasteiger partial charge on any atom is -2.00 e. The Labute approximate surface area is 647 Å². The van der Waals surface area contributed by atoms with Crippen molar-refractivity contribution < 1.29 is 103 Å². The summed E-state index contributed by atoms with van der Waals surface area (Å²) in [6.07, 6.45) is 32.9. The Bertz CT molecular complexity index is 2810. The van der Waals surface area contributed by atoms with E-state index in [0.717, 1.165) is 42.8 Å². The number of pyridine rings is 2. The van der Waals surface area contributed by atoms with Crippen LogP contribution < -0.4 is 50.3 Å². The van der Waals surface area contributed by atoms with E-state index >= 15 is 0 Å². The van der Waals surface area contributed by atoms with E-state index in [9.17, 15) is 51.3 Å². The molecule has 580 valence electrons. The van der Waals surface area contributed by atoms with Crippen molar-refractivity contribution in [1.29, 1.82) is 0 Å². The fourth-order valence-electron chi connectivity index (χ4n) is 10.5. The molecule has 3 fully saturated rings. The summed E-state index contributed by atoms with van der Waals surface area (Å²) in [7, 11) is 0. The Hall–Kier alpha value is -5.52. The molecule has 0 bridgehead atoms. The predicted octanol–water partition coefficient (Wildman–Crippen LogP) is 17.8. The van der Waals surface area contributed by atoms with Crippen molar-refractivity contribution in [3.63, 3.8) is 0 Å². The monoisotopic (exact) mass is 1580 g/mol. The van der Waals surface area contributed by atoms with Crippen molar-refractivity contribution in [2.24, 2.45) is 0 Å². The summed E-state index contributed by atoms with van der Waals surface area (Å²) in [5.74, 6) is -3.01. The van der Waals surface area contributed by atoms with Gasteiger partial charge in [-0.05, 0) is 90.5 Å². The Morgan fingerprint density at radius 2 is 0.363 bits per heavy atom. The Morgan fingerprint density at radius 3 is 0.461 bits per heavy atom. The topological polar surface area (TPSA) is 295 Å². The number of hydrogen-bond donors (Lipinski definition) is 0. The van der Waals surface area contributed by atoms with Gasteiger partial charge in [0.2, 0.25) is 0 Å². The summed E-state index contributed by atoms with van der Waals surface area (Å²) in [5.41, 5.74) is 6.87. The van der Waals surface area contributed by atoms with Gasteiger partial charge in [0, 0.05) is 66.4 Å². The van der Waals surface area contributed by atoms with Crippen LogP contribution in [0.2, 0.25) is 0 Å². The number of hydrogen-bond acceptors (Lipinski definition) is 10. The zero-order chi connectivity index (χ0) is 75.6. The van der Waals surface area contributed by atoms with Crippen LogP contribution >= 0.6 is 0 Å². The molecule has 0 spiro atoms. The third-order valence-electron chi connectivity index (χ3n) is 17.4. The van der Waals surface area contributed by atoms with Gasteiger partial charge < -0.3 is 62.2 Å². The molecule has 9 rings (SSSR count). The summed E-state index contributed by atoms with van der Waals surface area (Å²) >= 11 is 0. The van der Waals surface area contributed by atoms with E-state index in [0.29, 0.717) is 22.3 Å². The van der Waals surface area contributed by atoms with Gasteiger partial charge in [-0.25, -0.2) is 0 Å². The van der Waals surface area contributed by atoms with E-state index in [1.54, 1.807) is 24.3 Å². The molecule has 0 aliphatic heterocycles. The average Bonchev–Trinajstić information content (AvgIpc) is 0.817. The van der Waals surface area contributed by atoms with Crippen LogP contribution in [-0.2, 0) is 96.4 Å². The molecular weight excluding hydrogens is 1440 g/mol. The largest absolute Gasteiger partial charge is 2.00 e. The van der Waals surface area contributed by atoms with Gasteiger partial charge in [-0.2, -0.15) is 9.46 Å². The second kappa shape index (κ2) is 45.8. The maximum absolute atomic E-state index is 11.8. The molecule has 2 aromatic heterocycles. The molecule has 6 aromatic rings. The number of aryl methyl sites for hydroxylation is 2. The van der Waals surface area contributed by atoms with E-state index < -0.39 is 23.0 Å². The first-order valence-electron chi connectivity index (χ1n) is 36.1. The number of benzene rings is 4. The van der Waals surface area contributed by atoms with Crippen LogP contribution in [0, 0.1) is 24.3 Å². The summed E-state index contributed by atoms with van der Waals surface area (Å²) in [6.45, 7) is 51.8. The fraction of sp³-hybridized carbons (Fsp3) is 0.605. The van der Waals surface area contributed by atoms with Gasteiger partial charge in [-0.15, -0.1) is 46.0 Å². The minimum atomic E-state index is -0.391. The third-order valence-corrected chi connectivity index (χ3v) is 17.4. The molecule has 3 aliphatic carbocycles. The summed E-state index contributed by atoms with van der Waals surface area (Å²) in [4.78, 5) is 0. The molecular formula is C86H130Mo2N2O12-12. The van der Waals surface area contributed by atoms with Gasteiger partial charge in [0.05, 0.1) is 0 Å². The van der Waals surface area contributed by atoms with Gasteiger partial charge in [0.1, 0.15) is 0 Å². The van der Waals surface area contributed by atoms with E-state index in [2.05, 4.69) is 0 Å². The predicted molar refractivity (Wildman–Crippen MR) is 396 cm³/mol. The number of aromatic nitrogens is 2. The SMILES string of the molecule is C1CCCCC1.C1CCCCC1.C1CCCCC1.CC(C)(C)c1cc([O-])c([O-])c(C(C)(C)C)c1.CC(C)(C)c1cc([O-])c([O-])c(C(C)(C)C)c1.CC(C)(C)c1cc([O-])c([O-])c(C(C)(C)C)c1.CC(C)(C)c1cc([O-])c([O-])c(C(C)(C)C)c1.Cc1cc[n+]([O-])cc1.Cc1cc[n+]([O-])cc1.[Mo].[Mo].[O-2].[O-2]. The summed E-state index contributed by atoms with van der Waals surface area (Å²) in [6, 6.07) is 20.5. The van der Waals surface area contributed by atoms with E-state index in [1.165, 1.54) is 165 Å². The minimum absolute atomic E-state index is 0. The second-order valence-corrected chi connectivity index (χ2v) is 35.2. The molecule has 0 radical (unpaired) electrons. The maximum Gasteiger partial charge on any atom is 0.180 e. The van der Waals surface area contributed by atoms with Crippen LogP contribution in [0.15, 0.2) is 97.6 Å². The number of nitrogens with zero attached hydrogens (tertiary/aromatic N) is 2. The van der Waals surface area contributed by atoms with E-state index in [-0.39, 0.29) is 119 Å². The van der Waals surface area contributed by atoms with Crippen molar-refractivity contribution in [1.82, 2.24) is 0 Å². The van der Waals surface area contributed by atoms with Crippen LogP contribution in [0.3, 0.4) is 0 Å². The summed E-state index contributed by atoms with van der Waals surface area (Å²) in [5, 5.41) is 114. The zero-order valence-corrected chi connectivity index (χ0v) is 71.6. The molecule has 16 heteroatoms. The second-order valence-electron chi connectivity index (χ2n) is 35.2.